The molecule has 4 saturated carbocycles. The number of benzene rings is 1. The molecule has 0 heterocycles. The molecule has 1 aromatic rings. The summed E-state index contributed by atoms with van der Waals surface area (Å²) in [6.45, 7) is 1.40. The summed E-state index contributed by atoms with van der Waals surface area (Å²) in [6, 6.07) is 5.09. The van der Waals surface area contributed by atoms with E-state index >= 15 is 0 Å². The number of esters is 2. The van der Waals surface area contributed by atoms with Crippen molar-refractivity contribution in [3.05, 3.63) is 24.3 Å². The lowest BCUT2D eigenvalue weighted by Gasteiger charge is -2.59. The van der Waals surface area contributed by atoms with Crippen LogP contribution in [0.4, 0.5) is 0 Å². The Morgan fingerprint density at radius 2 is 1.67 bits per heavy atom. The second-order valence-corrected chi connectivity index (χ2v) is 9.78. The second-order valence-electron chi connectivity index (χ2n) is 8.35. The Balaban J connectivity index is 1.55. The third-order valence-corrected chi connectivity index (χ3v) is 7.00. The summed E-state index contributed by atoms with van der Waals surface area (Å²) in [5.74, 6) is 0.249. The zero-order chi connectivity index (χ0) is 19.4. The molecule has 1 aromatic carbocycles. The van der Waals surface area contributed by atoms with E-state index in [9.17, 15) is 18.0 Å². The molecule has 0 aromatic heterocycles. The van der Waals surface area contributed by atoms with Crippen LogP contribution in [0.2, 0.25) is 0 Å². The predicted molar refractivity (Wildman–Crippen MR) is 93.5 cm³/mol. The summed E-state index contributed by atoms with van der Waals surface area (Å²) >= 11 is 0. The van der Waals surface area contributed by atoms with E-state index in [0.29, 0.717) is 18.3 Å². The Morgan fingerprint density at radius 3 is 2.19 bits per heavy atom. The number of hydrogen-bond acceptors (Lipinski definition) is 6. The molecule has 4 aliphatic carbocycles. The minimum absolute atomic E-state index is 0.227. The number of hydrogen-bond donors (Lipinski definition) is 1. The minimum atomic E-state index is -4.29. The molecule has 0 amide bonds. The number of carbonyl (C=O) groups is 2. The van der Waals surface area contributed by atoms with Gasteiger partial charge in [0.25, 0.3) is 10.1 Å². The molecule has 8 heteroatoms. The minimum Gasteiger partial charge on any atom is -0.459 e. The van der Waals surface area contributed by atoms with E-state index in [4.69, 9.17) is 14.0 Å². The average molecular weight is 394 g/mol. The van der Waals surface area contributed by atoms with Crippen molar-refractivity contribution in [2.45, 2.75) is 55.9 Å². The van der Waals surface area contributed by atoms with Crippen LogP contribution in [0, 0.1) is 17.3 Å². The fourth-order valence-electron chi connectivity index (χ4n) is 5.74. The van der Waals surface area contributed by atoms with E-state index < -0.39 is 21.1 Å². The SMILES string of the molecule is CC(=O)OC12CC3CC(C1)CC(C(=O)Oc1ccc(S(=O)(=O)O)cc1)(C3)C2. The first-order chi connectivity index (χ1) is 12.6. The number of carbonyl (C=O) groups excluding carboxylic acids is 2. The van der Waals surface area contributed by atoms with Crippen molar-refractivity contribution in [3.8, 4) is 5.75 Å². The van der Waals surface area contributed by atoms with Crippen molar-refractivity contribution in [2.75, 3.05) is 0 Å². The summed E-state index contributed by atoms with van der Waals surface area (Å²) in [7, 11) is -4.29. The number of ether oxygens (including phenoxy) is 2. The van der Waals surface area contributed by atoms with Gasteiger partial charge in [-0.15, -0.1) is 0 Å². The van der Waals surface area contributed by atoms with Gasteiger partial charge in [-0.25, -0.2) is 0 Å². The van der Waals surface area contributed by atoms with Gasteiger partial charge in [-0.1, -0.05) is 0 Å². The smallest absolute Gasteiger partial charge is 0.317 e. The van der Waals surface area contributed by atoms with E-state index in [0.717, 1.165) is 32.1 Å². The highest BCUT2D eigenvalue weighted by atomic mass is 32.2. The quantitative estimate of drug-likeness (QED) is 0.475. The van der Waals surface area contributed by atoms with Crippen LogP contribution in [0.25, 0.3) is 0 Å². The van der Waals surface area contributed by atoms with Crippen molar-refractivity contribution >= 4 is 22.1 Å². The molecule has 27 heavy (non-hydrogen) atoms. The lowest BCUT2D eigenvalue weighted by atomic mass is 9.48. The lowest BCUT2D eigenvalue weighted by molar-refractivity contribution is -0.207. The second kappa shape index (κ2) is 6.04. The normalized spacial score (nSPS) is 34.3. The molecule has 5 rings (SSSR count). The van der Waals surface area contributed by atoms with Gasteiger partial charge in [0, 0.05) is 13.3 Å². The zero-order valence-electron chi connectivity index (χ0n) is 15.0. The average Bonchev–Trinajstić information content (AvgIpc) is 2.52. The van der Waals surface area contributed by atoms with E-state index in [-0.39, 0.29) is 22.6 Å². The molecule has 7 nitrogen and oxygen atoms in total. The Hall–Kier alpha value is -1.93. The summed E-state index contributed by atoms with van der Waals surface area (Å²) in [5.41, 5.74) is -1.23. The van der Waals surface area contributed by atoms with Gasteiger partial charge in [0.2, 0.25) is 0 Å². The highest BCUT2D eigenvalue weighted by Crippen LogP contribution is 2.63. The maximum absolute atomic E-state index is 13.0. The maximum atomic E-state index is 13.0. The topological polar surface area (TPSA) is 107 Å². The highest BCUT2D eigenvalue weighted by molar-refractivity contribution is 7.85. The molecule has 0 saturated heterocycles. The first-order valence-electron chi connectivity index (χ1n) is 9.09. The predicted octanol–water partition coefficient (Wildman–Crippen LogP) is 2.74. The van der Waals surface area contributed by atoms with E-state index in [1.165, 1.54) is 31.2 Å². The van der Waals surface area contributed by atoms with E-state index in [1.807, 2.05) is 0 Å². The van der Waals surface area contributed by atoms with Gasteiger partial charge in [0.05, 0.1) is 10.3 Å². The van der Waals surface area contributed by atoms with Crippen molar-refractivity contribution in [3.63, 3.8) is 0 Å². The zero-order valence-corrected chi connectivity index (χ0v) is 15.8. The standard InChI is InChI=1S/C19H22O7S/c1-12(20)26-19-9-13-6-14(10-19)8-18(7-13,11-19)17(21)25-15-2-4-16(5-3-15)27(22,23)24/h2-5,13-14H,6-11H2,1H3,(H,22,23,24). The van der Waals surface area contributed by atoms with Crippen LogP contribution in [0.1, 0.15) is 45.4 Å². The fourth-order valence-corrected chi connectivity index (χ4v) is 6.22. The molecular formula is C19H22O7S. The maximum Gasteiger partial charge on any atom is 0.317 e. The third kappa shape index (κ3) is 3.36. The van der Waals surface area contributed by atoms with Crippen LogP contribution in [-0.2, 0) is 24.4 Å². The molecule has 0 spiro atoms. The van der Waals surface area contributed by atoms with Crippen LogP contribution < -0.4 is 4.74 Å². The number of rotatable bonds is 4. The molecule has 2 atom stereocenters. The first-order valence-corrected chi connectivity index (χ1v) is 10.5. The molecular weight excluding hydrogens is 372 g/mol. The summed E-state index contributed by atoms with van der Waals surface area (Å²) in [5, 5.41) is 0. The molecule has 4 aliphatic rings. The van der Waals surface area contributed by atoms with E-state index in [1.54, 1.807) is 0 Å². The fraction of sp³-hybridized carbons (Fsp3) is 0.579. The van der Waals surface area contributed by atoms with Crippen molar-refractivity contribution in [1.82, 2.24) is 0 Å². The van der Waals surface area contributed by atoms with Gasteiger partial charge in [0.1, 0.15) is 11.4 Å². The Kier molecular flexibility index (Phi) is 4.12. The molecule has 1 N–H and O–H groups in total. The van der Waals surface area contributed by atoms with Crippen LogP contribution in [0.3, 0.4) is 0 Å². The van der Waals surface area contributed by atoms with Gasteiger partial charge in [-0.2, -0.15) is 8.42 Å². The third-order valence-electron chi connectivity index (χ3n) is 6.13. The monoisotopic (exact) mass is 394 g/mol. The Bertz CT molecular complexity index is 873. The van der Waals surface area contributed by atoms with Crippen LogP contribution in [-0.4, -0.2) is 30.5 Å². The Labute approximate surface area is 157 Å². The van der Waals surface area contributed by atoms with Gasteiger partial charge in [-0.3, -0.25) is 14.1 Å². The van der Waals surface area contributed by atoms with Crippen molar-refractivity contribution in [1.29, 1.82) is 0 Å². The van der Waals surface area contributed by atoms with Crippen LogP contribution in [0.15, 0.2) is 29.2 Å². The van der Waals surface area contributed by atoms with E-state index in [2.05, 4.69) is 0 Å². The summed E-state index contributed by atoms with van der Waals surface area (Å²) in [4.78, 5) is 24.4. The lowest BCUT2D eigenvalue weighted by Crippen LogP contribution is -2.60. The summed E-state index contributed by atoms with van der Waals surface area (Å²) in [6.07, 6.45) is 4.61. The van der Waals surface area contributed by atoms with Gasteiger partial charge < -0.3 is 9.47 Å². The summed E-state index contributed by atoms with van der Waals surface area (Å²) < 4.78 is 42.5. The largest absolute Gasteiger partial charge is 0.459 e. The molecule has 4 bridgehead atoms. The van der Waals surface area contributed by atoms with Gasteiger partial charge in [0.15, 0.2) is 0 Å². The van der Waals surface area contributed by atoms with Crippen LogP contribution in [0.5, 0.6) is 5.75 Å². The van der Waals surface area contributed by atoms with Crippen LogP contribution >= 0.6 is 0 Å². The molecule has 146 valence electrons. The van der Waals surface area contributed by atoms with Crippen molar-refractivity contribution in [2.24, 2.45) is 17.3 Å². The molecule has 4 fully saturated rings. The molecule has 0 radical (unpaired) electrons. The first kappa shape index (κ1) is 18.4. The molecule has 0 aliphatic heterocycles. The highest BCUT2D eigenvalue weighted by Gasteiger charge is 2.63. The Morgan fingerprint density at radius 1 is 1.07 bits per heavy atom. The molecule has 2 unspecified atom stereocenters. The van der Waals surface area contributed by atoms with Gasteiger partial charge in [-0.05, 0) is 68.2 Å². The van der Waals surface area contributed by atoms with Gasteiger partial charge >= 0.3 is 11.9 Å². The van der Waals surface area contributed by atoms with Crippen molar-refractivity contribution < 1.29 is 32.0 Å².